The molecule has 1 aliphatic rings. The van der Waals surface area contributed by atoms with E-state index < -0.39 is 0 Å². The van der Waals surface area contributed by atoms with E-state index in [2.05, 4.69) is 41.5 Å². The van der Waals surface area contributed by atoms with Gasteiger partial charge < -0.3 is 15.3 Å². The van der Waals surface area contributed by atoms with Gasteiger partial charge in [0, 0.05) is 25.8 Å². The van der Waals surface area contributed by atoms with E-state index in [1.54, 1.807) is 0 Å². The topological polar surface area (TPSA) is 35.5 Å². The molecule has 1 saturated carbocycles. The maximum Gasteiger partial charge on any atom is 0.0546 e. The molecular weight excluding hydrogens is 212 g/mol. The Morgan fingerprint density at radius 1 is 1.35 bits per heavy atom. The number of nitrogens with zero attached hydrogens (tertiary/aromatic N) is 1. The molecule has 0 amide bonds. The molecule has 17 heavy (non-hydrogen) atoms. The van der Waals surface area contributed by atoms with Crippen LogP contribution in [-0.2, 0) is 6.54 Å². The summed E-state index contributed by atoms with van der Waals surface area (Å²) >= 11 is 0. The summed E-state index contributed by atoms with van der Waals surface area (Å²) in [6, 6.07) is 8.50. The quantitative estimate of drug-likeness (QED) is 0.812. The van der Waals surface area contributed by atoms with Gasteiger partial charge in [-0.3, -0.25) is 0 Å². The largest absolute Gasteiger partial charge is 0.393 e. The second-order valence-electron chi connectivity index (χ2n) is 5.03. The zero-order chi connectivity index (χ0) is 12.3. The number of hydrogen-bond acceptors (Lipinski definition) is 3. The van der Waals surface area contributed by atoms with Crippen LogP contribution in [0.15, 0.2) is 24.3 Å². The number of anilines is 1. The van der Waals surface area contributed by atoms with Gasteiger partial charge in [0.1, 0.15) is 0 Å². The zero-order valence-electron chi connectivity index (χ0n) is 10.7. The second kappa shape index (κ2) is 5.52. The maximum absolute atomic E-state index is 9.31. The van der Waals surface area contributed by atoms with Crippen molar-refractivity contribution in [1.29, 1.82) is 0 Å². The fraction of sp³-hybridized carbons (Fsp3) is 0.571. The first-order chi connectivity index (χ1) is 8.20. The van der Waals surface area contributed by atoms with Crippen LogP contribution < -0.4 is 10.2 Å². The van der Waals surface area contributed by atoms with Crippen molar-refractivity contribution >= 4 is 5.69 Å². The van der Waals surface area contributed by atoms with Gasteiger partial charge in [-0.2, -0.15) is 0 Å². The van der Waals surface area contributed by atoms with Gasteiger partial charge in [-0.15, -0.1) is 0 Å². The van der Waals surface area contributed by atoms with Gasteiger partial charge in [-0.05, 0) is 37.4 Å². The maximum atomic E-state index is 9.31. The summed E-state index contributed by atoms with van der Waals surface area (Å²) in [5, 5.41) is 12.5. The molecule has 94 valence electrons. The third-order valence-electron chi connectivity index (χ3n) is 3.51. The molecule has 0 aliphatic heterocycles. The van der Waals surface area contributed by atoms with Crippen LogP contribution in [0.1, 0.15) is 18.4 Å². The van der Waals surface area contributed by atoms with E-state index in [1.165, 1.54) is 11.3 Å². The molecule has 3 heteroatoms. The van der Waals surface area contributed by atoms with Gasteiger partial charge >= 0.3 is 0 Å². The van der Waals surface area contributed by atoms with Crippen molar-refractivity contribution in [3.63, 3.8) is 0 Å². The van der Waals surface area contributed by atoms with Gasteiger partial charge in [-0.1, -0.05) is 18.2 Å². The Hall–Kier alpha value is -1.06. The number of para-hydroxylation sites is 1. The molecule has 2 N–H and O–H groups in total. The van der Waals surface area contributed by atoms with E-state index in [0.717, 1.165) is 25.9 Å². The Labute approximate surface area is 103 Å². The van der Waals surface area contributed by atoms with Crippen LogP contribution >= 0.6 is 0 Å². The van der Waals surface area contributed by atoms with E-state index in [9.17, 15) is 5.11 Å². The molecule has 1 aliphatic carbocycles. The number of rotatable bonds is 5. The van der Waals surface area contributed by atoms with Gasteiger partial charge in [0.05, 0.1) is 6.10 Å². The number of aliphatic hydroxyl groups is 1. The van der Waals surface area contributed by atoms with E-state index >= 15 is 0 Å². The summed E-state index contributed by atoms with van der Waals surface area (Å²) in [5.41, 5.74) is 2.63. The molecule has 0 bridgehead atoms. The smallest absolute Gasteiger partial charge is 0.0546 e. The van der Waals surface area contributed by atoms with Crippen LogP contribution in [0.25, 0.3) is 0 Å². The standard InChI is InChI=1S/C14H22N2O/c1-15-9-12-5-3-4-6-14(12)16(2)10-11-7-13(17)8-11/h3-6,11,13,15,17H,7-10H2,1-2H3. The average molecular weight is 234 g/mol. The predicted molar refractivity (Wildman–Crippen MR) is 71.2 cm³/mol. The van der Waals surface area contributed by atoms with E-state index in [4.69, 9.17) is 0 Å². The van der Waals surface area contributed by atoms with Crippen molar-refractivity contribution in [2.45, 2.75) is 25.5 Å². The molecule has 0 atom stereocenters. The third-order valence-corrected chi connectivity index (χ3v) is 3.51. The number of aliphatic hydroxyl groups excluding tert-OH is 1. The minimum Gasteiger partial charge on any atom is -0.393 e. The summed E-state index contributed by atoms with van der Waals surface area (Å²) < 4.78 is 0. The third kappa shape index (κ3) is 2.99. The van der Waals surface area contributed by atoms with Crippen molar-refractivity contribution in [2.24, 2.45) is 5.92 Å². The highest BCUT2D eigenvalue weighted by Gasteiger charge is 2.28. The minimum absolute atomic E-state index is 0.0547. The summed E-state index contributed by atoms with van der Waals surface area (Å²) in [4.78, 5) is 2.31. The minimum atomic E-state index is -0.0547. The Bertz CT molecular complexity index is 361. The highest BCUT2D eigenvalue weighted by Crippen LogP contribution is 2.29. The van der Waals surface area contributed by atoms with E-state index in [-0.39, 0.29) is 6.10 Å². The fourth-order valence-corrected chi connectivity index (χ4v) is 2.56. The van der Waals surface area contributed by atoms with Crippen LogP contribution in [0.4, 0.5) is 5.69 Å². The SMILES string of the molecule is CNCc1ccccc1N(C)CC1CC(O)C1. The molecule has 1 fully saturated rings. The lowest BCUT2D eigenvalue weighted by Crippen LogP contribution is -2.37. The predicted octanol–water partition coefficient (Wildman–Crippen LogP) is 1.61. The lowest BCUT2D eigenvalue weighted by molar-refractivity contribution is 0.0464. The number of hydrogen-bond donors (Lipinski definition) is 2. The van der Waals surface area contributed by atoms with Crippen molar-refractivity contribution in [2.75, 3.05) is 25.5 Å². The Morgan fingerprint density at radius 2 is 2.06 bits per heavy atom. The van der Waals surface area contributed by atoms with E-state index in [1.807, 2.05) is 7.05 Å². The molecule has 0 heterocycles. The highest BCUT2D eigenvalue weighted by molar-refractivity contribution is 5.53. The van der Waals surface area contributed by atoms with Gasteiger partial charge in [0.2, 0.25) is 0 Å². The molecule has 0 spiro atoms. The summed E-state index contributed by atoms with van der Waals surface area (Å²) in [6.07, 6.45) is 1.86. The molecule has 2 rings (SSSR count). The van der Waals surface area contributed by atoms with E-state index in [0.29, 0.717) is 5.92 Å². The molecule has 0 aromatic heterocycles. The normalized spacial score (nSPS) is 23.2. The lowest BCUT2D eigenvalue weighted by atomic mass is 9.82. The van der Waals surface area contributed by atoms with Crippen LogP contribution in [-0.4, -0.2) is 31.9 Å². The van der Waals surface area contributed by atoms with Crippen LogP contribution in [0.3, 0.4) is 0 Å². The van der Waals surface area contributed by atoms with Crippen LogP contribution in [0, 0.1) is 5.92 Å². The van der Waals surface area contributed by atoms with Crippen molar-refractivity contribution in [1.82, 2.24) is 5.32 Å². The van der Waals surface area contributed by atoms with Crippen molar-refractivity contribution in [3.05, 3.63) is 29.8 Å². The molecule has 1 aromatic rings. The number of nitrogens with one attached hydrogen (secondary N) is 1. The Morgan fingerprint density at radius 3 is 2.71 bits per heavy atom. The molecule has 0 radical (unpaired) electrons. The first kappa shape index (κ1) is 12.4. The van der Waals surface area contributed by atoms with Gasteiger partial charge in [0.15, 0.2) is 0 Å². The fourth-order valence-electron chi connectivity index (χ4n) is 2.56. The molecule has 0 unspecified atom stereocenters. The summed E-state index contributed by atoms with van der Waals surface area (Å²) in [5.74, 6) is 0.651. The molecule has 0 saturated heterocycles. The van der Waals surface area contributed by atoms with Gasteiger partial charge in [0.25, 0.3) is 0 Å². The Kier molecular flexibility index (Phi) is 4.02. The monoisotopic (exact) mass is 234 g/mol. The van der Waals surface area contributed by atoms with Crippen molar-refractivity contribution in [3.8, 4) is 0 Å². The van der Waals surface area contributed by atoms with Crippen molar-refractivity contribution < 1.29 is 5.11 Å². The second-order valence-corrected chi connectivity index (χ2v) is 5.03. The first-order valence-corrected chi connectivity index (χ1v) is 6.32. The first-order valence-electron chi connectivity index (χ1n) is 6.32. The Balaban J connectivity index is 1.99. The van der Waals surface area contributed by atoms with Gasteiger partial charge in [-0.25, -0.2) is 0 Å². The zero-order valence-corrected chi connectivity index (χ0v) is 10.7. The summed E-state index contributed by atoms with van der Waals surface area (Å²) in [6.45, 7) is 1.94. The lowest BCUT2D eigenvalue weighted by Gasteiger charge is -2.35. The molecular formula is C14H22N2O. The highest BCUT2D eigenvalue weighted by atomic mass is 16.3. The molecule has 1 aromatic carbocycles. The molecule has 3 nitrogen and oxygen atoms in total. The average Bonchev–Trinajstić information content (AvgIpc) is 2.28. The van der Waals surface area contributed by atoms with Crippen LogP contribution in [0.2, 0.25) is 0 Å². The van der Waals surface area contributed by atoms with Crippen LogP contribution in [0.5, 0.6) is 0 Å². The summed E-state index contributed by atoms with van der Waals surface area (Å²) in [7, 11) is 4.11. The number of benzene rings is 1.